The number of benzene rings is 2. The molecule has 4 rings (SSSR count). The summed E-state index contributed by atoms with van der Waals surface area (Å²) in [5.41, 5.74) is 2.19. The molecule has 26 heavy (non-hydrogen) atoms. The van der Waals surface area contributed by atoms with Gasteiger partial charge in [0.1, 0.15) is 12.1 Å². The lowest BCUT2D eigenvalue weighted by Gasteiger charge is -2.06. The van der Waals surface area contributed by atoms with Crippen LogP contribution in [0.3, 0.4) is 0 Å². The molecule has 0 N–H and O–H groups in total. The molecule has 0 bridgehead atoms. The predicted octanol–water partition coefficient (Wildman–Crippen LogP) is 2.80. The molecule has 0 fully saturated rings. The monoisotopic (exact) mass is 411 g/mol. The second-order valence-electron chi connectivity index (χ2n) is 5.68. The third-order valence-corrected chi connectivity index (χ3v) is 4.54. The molecule has 0 spiro atoms. The fourth-order valence-electron chi connectivity index (χ4n) is 2.64. The topological polar surface area (TPSA) is 74.8 Å². The molecule has 0 saturated carbocycles. The standard InChI is InChI=1S/C18H14BrN5O2/c1-26-15-8-6-14(7-9-15)24-17-16(21-22-24)18(25)23(11-20-17)10-12-2-4-13(19)5-3-12/h2-9,11H,10H2,1H3. The Kier molecular flexibility index (Phi) is 4.26. The van der Waals surface area contributed by atoms with Crippen LogP contribution in [-0.4, -0.2) is 31.7 Å². The largest absolute Gasteiger partial charge is 0.497 e. The lowest BCUT2D eigenvalue weighted by Crippen LogP contribution is -2.21. The van der Waals surface area contributed by atoms with Crippen LogP contribution in [-0.2, 0) is 6.54 Å². The zero-order valence-electron chi connectivity index (χ0n) is 13.8. The van der Waals surface area contributed by atoms with E-state index in [1.807, 2.05) is 48.5 Å². The summed E-state index contributed by atoms with van der Waals surface area (Å²) in [6.45, 7) is 0.421. The maximum Gasteiger partial charge on any atom is 0.283 e. The molecule has 130 valence electrons. The van der Waals surface area contributed by atoms with Crippen molar-refractivity contribution in [3.8, 4) is 11.4 Å². The van der Waals surface area contributed by atoms with E-state index in [2.05, 4.69) is 31.2 Å². The molecule has 0 amide bonds. The van der Waals surface area contributed by atoms with Gasteiger partial charge in [-0.1, -0.05) is 33.3 Å². The van der Waals surface area contributed by atoms with Crippen molar-refractivity contribution in [3.63, 3.8) is 0 Å². The van der Waals surface area contributed by atoms with Crippen LogP contribution in [0.2, 0.25) is 0 Å². The van der Waals surface area contributed by atoms with Gasteiger partial charge < -0.3 is 4.74 Å². The molecular formula is C18H14BrN5O2. The molecule has 0 atom stereocenters. The van der Waals surface area contributed by atoms with Crippen LogP contribution in [0.1, 0.15) is 5.56 Å². The molecule has 0 aliphatic carbocycles. The summed E-state index contributed by atoms with van der Waals surface area (Å²) in [7, 11) is 1.61. The molecule has 0 aliphatic rings. The van der Waals surface area contributed by atoms with E-state index >= 15 is 0 Å². The van der Waals surface area contributed by atoms with Crippen molar-refractivity contribution < 1.29 is 4.74 Å². The minimum atomic E-state index is -0.224. The van der Waals surface area contributed by atoms with E-state index in [0.717, 1.165) is 21.5 Å². The average molecular weight is 412 g/mol. The smallest absolute Gasteiger partial charge is 0.283 e. The number of nitrogens with zero attached hydrogens (tertiary/aromatic N) is 5. The van der Waals surface area contributed by atoms with E-state index in [9.17, 15) is 4.79 Å². The fraction of sp³-hybridized carbons (Fsp3) is 0.111. The van der Waals surface area contributed by atoms with Crippen molar-refractivity contribution in [2.75, 3.05) is 7.11 Å². The summed E-state index contributed by atoms with van der Waals surface area (Å²) in [6.07, 6.45) is 1.52. The minimum absolute atomic E-state index is 0.224. The Hall–Kier alpha value is -3.00. The van der Waals surface area contributed by atoms with Gasteiger partial charge in [0.15, 0.2) is 11.2 Å². The van der Waals surface area contributed by atoms with Crippen LogP contribution < -0.4 is 10.3 Å². The number of ether oxygens (including phenoxy) is 1. The van der Waals surface area contributed by atoms with Crippen LogP contribution in [0.4, 0.5) is 0 Å². The zero-order chi connectivity index (χ0) is 18.1. The number of rotatable bonds is 4. The Bertz CT molecular complexity index is 1120. The van der Waals surface area contributed by atoms with E-state index in [-0.39, 0.29) is 11.1 Å². The van der Waals surface area contributed by atoms with Crippen LogP contribution in [0.15, 0.2) is 64.1 Å². The van der Waals surface area contributed by atoms with E-state index in [4.69, 9.17) is 4.74 Å². The molecule has 7 nitrogen and oxygen atoms in total. The second-order valence-corrected chi connectivity index (χ2v) is 6.59. The Morgan fingerprint density at radius 3 is 2.50 bits per heavy atom. The van der Waals surface area contributed by atoms with Crippen molar-refractivity contribution in [3.05, 3.63) is 75.2 Å². The van der Waals surface area contributed by atoms with Crippen LogP contribution in [0.25, 0.3) is 16.9 Å². The molecular weight excluding hydrogens is 398 g/mol. The third kappa shape index (κ3) is 2.99. The lowest BCUT2D eigenvalue weighted by molar-refractivity contribution is 0.414. The summed E-state index contributed by atoms with van der Waals surface area (Å²) in [5, 5.41) is 8.12. The minimum Gasteiger partial charge on any atom is -0.497 e. The van der Waals surface area contributed by atoms with Crippen LogP contribution in [0.5, 0.6) is 5.75 Å². The number of hydrogen-bond acceptors (Lipinski definition) is 5. The highest BCUT2D eigenvalue weighted by molar-refractivity contribution is 9.10. The summed E-state index contributed by atoms with van der Waals surface area (Å²) in [5.74, 6) is 0.739. The summed E-state index contributed by atoms with van der Waals surface area (Å²) in [4.78, 5) is 17.1. The molecule has 0 aliphatic heterocycles. The Morgan fingerprint density at radius 1 is 1.08 bits per heavy atom. The van der Waals surface area contributed by atoms with Crippen LogP contribution in [0, 0.1) is 0 Å². The van der Waals surface area contributed by atoms with Gasteiger partial charge in [-0.3, -0.25) is 9.36 Å². The molecule has 0 saturated heterocycles. The number of methoxy groups -OCH3 is 1. The van der Waals surface area contributed by atoms with Crippen LogP contribution >= 0.6 is 15.9 Å². The van der Waals surface area contributed by atoms with Gasteiger partial charge in [-0.2, -0.15) is 4.68 Å². The Morgan fingerprint density at radius 2 is 1.81 bits per heavy atom. The van der Waals surface area contributed by atoms with Gasteiger partial charge in [-0.25, -0.2) is 4.98 Å². The van der Waals surface area contributed by atoms with Crippen molar-refractivity contribution in [1.82, 2.24) is 24.5 Å². The number of halogens is 1. The summed E-state index contributed by atoms with van der Waals surface area (Å²) >= 11 is 3.40. The number of hydrogen-bond donors (Lipinski definition) is 0. The highest BCUT2D eigenvalue weighted by atomic mass is 79.9. The predicted molar refractivity (Wildman–Crippen MR) is 101 cm³/mol. The fourth-order valence-corrected chi connectivity index (χ4v) is 2.90. The summed E-state index contributed by atoms with van der Waals surface area (Å²) < 4.78 is 9.21. The van der Waals surface area contributed by atoms with Crippen molar-refractivity contribution in [2.45, 2.75) is 6.54 Å². The number of aromatic nitrogens is 5. The van der Waals surface area contributed by atoms with Crippen molar-refractivity contribution in [1.29, 1.82) is 0 Å². The third-order valence-electron chi connectivity index (χ3n) is 4.01. The maximum absolute atomic E-state index is 12.7. The van der Waals surface area contributed by atoms with E-state index in [1.165, 1.54) is 10.9 Å². The van der Waals surface area contributed by atoms with Gasteiger partial charge in [0.05, 0.1) is 19.3 Å². The molecule has 8 heteroatoms. The Labute approximate surface area is 157 Å². The summed E-state index contributed by atoms with van der Waals surface area (Å²) in [6, 6.07) is 15.1. The second kappa shape index (κ2) is 6.72. The van der Waals surface area contributed by atoms with E-state index < -0.39 is 0 Å². The zero-order valence-corrected chi connectivity index (χ0v) is 15.4. The van der Waals surface area contributed by atoms with Gasteiger partial charge in [-0.15, -0.1) is 5.10 Å². The quantitative estimate of drug-likeness (QED) is 0.516. The number of fused-ring (bicyclic) bond motifs is 1. The first-order valence-electron chi connectivity index (χ1n) is 7.85. The first kappa shape index (κ1) is 16.5. The SMILES string of the molecule is COc1ccc(-n2nnc3c(=O)n(Cc4ccc(Br)cc4)cnc32)cc1. The van der Waals surface area contributed by atoms with Gasteiger partial charge in [0.2, 0.25) is 0 Å². The van der Waals surface area contributed by atoms with E-state index in [0.29, 0.717) is 12.2 Å². The first-order valence-corrected chi connectivity index (χ1v) is 8.65. The van der Waals surface area contributed by atoms with Crippen molar-refractivity contribution in [2.24, 2.45) is 0 Å². The Balaban J connectivity index is 1.72. The highest BCUT2D eigenvalue weighted by Gasteiger charge is 2.13. The molecule has 0 radical (unpaired) electrons. The van der Waals surface area contributed by atoms with Gasteiger partial charge in [-0.05, 0) is 42.0 Å². The molecule has 0 unspecified atom stereocenters. The highest BCUT2D eigenvalue weighted by Crippen LogP contribution is 2.17. The van der Waals surface area contributed by atoms with Gasteiger partial charge in [0.25, 0.3) is 5.56 Å². The molecule has 2 aromatic heterocycles. The van der Waals surface area contributed by atoms with Gasteiger partial charge >= 0.3 is 0 Å². The lowest BCUT2D eigenvalue weighted by atomic mass is 10.2. The van der Waals surface area contributed by atoms with Crippen molar-refractivity contribution >= 4 is 27.1 Å². The first-order chi connectivity index (χ1) is 12.7. The maximum atomic E-state index is 12.7. The molecule has 4 aromatic rings. The molecule has 2 aromatic carbocycles. The van der Waals surface area contributed by atoms with Gasteiger partial charge in [0, 0.05) is 4.47 Å². The average Bonchev–Trinajstić information content (AvgIpc) is 3.11. The molecule has 2 heterocycles. The van der Waals surface area contributed by atoms with E-state index in [1.54, 1.807) is 11.8 Å². The normalized spacial score (nSPS) is 11.0.